The molecule has 0 spiro atoms. The van der Waals surface area contributed by atoms with E-state index in [2.05, 4.69) is 17.9 Å². The lowest BCUT2D eigenvalue weighted by atomic mass is 9.96. The van der Waals surface area contributed by atoms with Crippen molar-refractivity contribution in [1.29, 1.82) is 5.26 Å². The summed E-state index contributed by atoms with van der Waals surface area (Å²) in [5, 5.41) is 9.67. The molecular weight excluding hydrogens is 378 g/mol. The first-order valence-corrected chi connectivity index (χ1v) is 10.6. The number of hydrogen-bond donors (Lipinski definition) is 1. The number of nitrogens with two attached hydrogens (primary N) is 1. The summed E-state index contributed by atoms with van der Waals surface area (Å²) in [7, 11) is 0. The van der Waals surface area contributed by atoms with Crippen LogP contribution in [0.5, 0.6) is 0 Å². The molecule has 1 fully saturated rings. The topological polar surface area (TPSA) is 97.1 Å². The molecule has 0 radical (unpaired) electrons. The Morgan fingerprint density at radius 2 is 1.87 bits per heavy atom. The molecule has 0 saturated carbocycles. The molecule has 1 saturated heterocycles. The molecule has 7 heteroatoms. The Kier molecular flexibility index (Phi) is 6.18. The smallest absolute Gasteiger partial charge is 0.333 e. The quantitative estimate of drug-likeness (QED) is 0.837. The van der Waals surface area contributed by atoms with Gasteiger partial charge in [-0.25, -0.2) is 4.79 Å². The second-order valence-corrected chi connectivity index (χ2v) is 8.62. The number of benzene rings is 1. The molecule has 0 amide bonds. The third-order valence-electron chi connectivity index (χ3n) is 6.13. The van der Waals surface area contributed by atoms with E-state index < -0.39 is 6.04 Å². The number of rotatable bonds is 4. The first kappa shape index (κ1) is 21.8. The number of aryl methyl sites for hydroxylation is 1. The fraction of sp³-hybridized carbons (Fsp3) is 0.522. The van der Waals surface area contributed by atoms with Crippen LogP contribution < -0.4 is 21.9 Å². The summed E-state index contributed by atoms with van der Waals surface area (Å²) in [5.41, 5.74) is 7.82. The molecule has 2 N–H and O–H groups in total. The fourth-order valence-electron chi connectivity index (χ4n) is 4.53. The Morgan fingerprint density at radius 3 is 2.50 bits per heavy atom. The van der Waals surface area contributed by atoms with Gasteiger partial charge in [0.15, 0.2) is 0 Å². The van der Waals surface area contributed by atoms with E-state index in [-0.39, 0.29) is 29.4 Å². The third kappa shape index (κ3) is 3.80. The first-order chi connectivity index (χ1) is 14.2. The zero-order chi connectivity index (χ0) is 22.2. The highest BCUT2D eigenvalue weighted by molar-refractivity contribution is 5.48. The Morgan fingerprint density at radius 1 is 1.17 bits per heavy atom. The molecule has 30 heavy (non-hydrogen) atoms. The SMILES string of the molecule is Cc1cccc(C#N)c1C(C)n1c(N2C[C@H](N)CCC2C)cc(=O)n(C(C)C)c1=O. The van der Waals surface area contributed by atoms with Crippen molar-refractivity contribution in [2.45, 2.75) is 71.6 Å². The molecule has 2 heterocycles. The minimum absolute atomic E-state index is 0.0132. The lowest BCUT2D eigenvalue weighted by molar-refractivity contribution is 0.414. The van der Waals surface area contributed by atoms with Gasteiger partial charge in [-0.15, -0.1) is 0 Å². The first-order valence-electron chi connectivity index (χ1n) is 10.6. The number of nitrogens with zero attached hydrogens (tertiary/aromatic N) is 4. The Bertz CT molecular complexity index is 1090. The second kappa shape index (κ2) is 8.49. The van der Waals surface area contributed by atoms with Crippen molar-refractivity contribution in [2.75, 3.05) is 11.4 Å². The van der Waals surface area contributed by atoms with Crippen molar-refractivity contribution in [2.24, 2.45) is 5.73 Å². The molecule has 0 bridgehead atoms. The van der Waals surface area contributed by atoms with Crippen molar-refractivity contribution in [3.8, 4) is 6.07 Å². The largest absolute Gasteiger partial charge is 0.353 e. The summed E-state index contributed by atoms with van der Waals surface area (Å²) >= 11 is 0. The molecule has 2 unspecified atom stereocenters. The van der Waals surface area contributed by atoms with Gasteiger partial charge in [0.1, 0.15) is 5.82 Å². The van der Waals surface area contributed by atoms with E-state index >= 15 is 0 Å². The maximum atomic E-state index is 13.6. The van der Waals surface area contributed by atoms with Crippen molar-refractivity contribution in [3.05, 3.63) is 61.8 Å². The zero-order valence-corrected chi connectivity index (χ0v) is 18.4. The Balaban J connectivity index is 2.32. The van der Waals surface area contributed by atoms with E-state index in [0.717, 1.165) is 24.0 Å². The second-order valence-electron chi connectivity index (χ2n) is 8.62. The molecule has 1 aliphatic rings. The molecule has 3 rings (SSSR count). The minimum Gasteiger partial charge on any atom is -0.353 e. The molecule has 1 aromatic carbocycles. The van der Waals surface area contributed by atoms with Crippen LogP contribution in [0.25, 0.3) is 0 Å². The maximum Gasteiger partial charge on any atom is 0.333 e. The van der Waals surface area contributed by atoms with E-state index in [4.69, 9.17) is 5.73 Å². The summed E-state index contributed by atoms with van der Waals surface area (Å²) in [6.45, 7) is 10.2. The number of aromatic nitrogens is 2. The van der Waals surface area contributed by atoms with Gasteiger partial charge in [-0.05, 0) is 64.7 Å². The molecule has 2 aromatic rings. The monoisotopic (exact) mass is 409 g/mol. The number of anilines is 1. The van der Waals surface area contributed by atoms with Crippen LogP contribution in [0.3, 0.4) is 0 Å². The summed E-state index contributed by atoms with van der Waals surface area (Å²) in [4.78, 5) is 28.5. The van der Waals surface area contributed by atoms with Gasteiger partial charge in [0.25, 0.3) is 5.56 Å². The lowest BCUT2D eigenvalue weighted by Gasteiger charge is -2.40. The number of nitriles is 1. The minimum atomic E-state index is -0.417. The van der Waals surface area contributed by atoms with Gasteiger partial charge in [-0.2, -0.15) is 5.26 Å². The highest BCUT2D eigenvalue weighted by Crippen LogP contribution is 2.30. The van der Waals surface area contributed by atoms with Gasteiger partial charge >= 0.3 is 5.69 Å². The Labute approximate surface area is 177 Å². The van der Waals surface area contributed by atoms with Crippen LogP contribution >= 0.6 is 0 Å². The van der Waals surface area contributed by atoms with Crippen molar-refractivity contribution < 1.29 is 0 Å². The zero-order valence-electron chi connectivity index (χ0n) is 18.4. The summed E-state index contributed by atoms with van der Waals surface area (Å²) < 4.78 is 2.94. The molecule has 1 aliphatic heterocycles. The fourth-order valence-corrected chi connectivity index (χ4v) is 4.53. The molecule has 0 aliphatic carbocycles. The van der Waals surface area contributed by atoms with Gasteiger partial charge in [-0.3, -0.25) is 13.9 Å². The average Bonchev–Trinajstić information content (AvgIpc) is 2.68. The third-order valence-corrected chi connectivity index (χ3v) is 6.13. The van der Waals surface area contributed by atoms with E-state index in [0.29, 0.717) is 17.9 Å². The van der Waals surface area contributed by atoms with Crippen LogP contribution in [0.1, 0.15) is 69.3 Å². The van der Waals surface area contributed by atoms with E-state index in [1.165, 1.54) is 4.57 Å². The van der Waals surface area contributed by atoms with E-state index in [1.807, 2.05) is 39.8 Å². The highest BCUT2D eigenvalue weighted by atomic mass is 16.2. The van der Waals surface area contributed by atoms with Gasteiger partial charge < -0.3 is 10.6 Å². The molecular formula is C23H31N5O2. The van der Waals surface area contributed by atoms with Gasteiger partial charge in [-0.1, -0.05) is 12.1 Å². The maximum absolute atomic E-state index is 13.6. The summed E-state index contributed by atoms with van der Waals surface area (Å²) in [6, 6.07) is 8.81. The predicted octanol–water partition coefficient (Wildman–Crippen LogP) is 2.70. The van der Waals surface area contributed by atoms with Crippen LogP contribution in [0.15, 0.2) is 33.9 Å². The number of piperidine rings is 1. The average molecular weight is 410 g/mol. The number of hydrogen-bond acceptors (Lipinski definition) is 5. The van der Waals surface area contributed by atoms with Crippen LogP contribution in [0.2, 0.25) is 0 Å². The van der Waals surface area contributed by atoms with Crippen molar-refractivity contribution >= 4 is 5.82 Å². The van der Waals surface area contributed by atoms with Crippen LogP contribution in [0.4, 0.5) is 5.82 Å². The van der Waals surface area contributed by atoms with Crippen molar-refractivity contribution in [3.63, 3.8) is 0 Å². The van der Waals surface area contributed by atoms with Crippen molar-refractivity contribution in [1.82, 2.24) is 9.13 Å². The van der Waals surface area contributed by atoms with Crippen LogP contribution in [0, 0.1) is 18.3 Å². The van der Waals surface area contributed by atoms with Crippen LogP contribution in [-0.4, -0.2) is 27.8 Å². The highest BCUT2D eigenvalue weighted by Gasteiger charge is 2.30. The molecule has 1 aromatic heterocycles. The molecule has 3 atom stereocenters. The van der Waals surface area contributed by atoms with E-state index in [9.17, 15) is 14.9 Å². The Hall–Kier alpha value is -2.85. The lowest BCUT2D eigenvalue weighted by Crippen LogP contribution is -2.52. The standard InChI is InChI=1S/C23H31N5O2/c1-14(2)27-21(29)11-20(26-13-19(25)10-9-16(26)4)28(23(27)30)17(5)22-15(3)7-6-8-18(22)12-24/h6-8,11,14,16-17,19H,9-10,13,25H2,1-5H3/t16?,17?,19-/m1/s1. The van der Waals surface area contributed by atoms with Gasteiger partial charge in [0, 0.05) is 30.7 Å². The predicted molar refractivity (Wildman–Crippen MR) is 119 cm³/mol. The summed E-state index contributed by atoms with van der Waals surface area (Å²) in [5.74, 6) is 0.573. The van der Waals surface area contributed by atoms with Gasteiger partial charge in [0.05, 0.1) is 17.7 Å². The molecule has 160 valence electrons. The molecule has 7 nitrogen and oxygen atoms in total. The summed E-state index contributed by atoms with van der Waals surface area (Å²) in [6.07, 6.45) is 1.81. The normalized spacial score (nSPS) is 20.3. The van der Waals surface area contributed by atoms with Crippen LogP contribution in [-0.2, 0) is 0 Å². The van der Waals surface area contributed by atoms with Gasteiger partial charge in [0.2, 0.25) is 0 Å². The van der Waals surface area contributed by atoms with E-state index in [1.54, 1.807) is 16.7 Å².